The van der Waals surface area contributed by atoms with Crippen LogP contribution in [0.25, 0.3) is 0 Å². The number of nitrogens with one attached hydrogen (secondary N) is 1. The van der Waals surface area contributed by atoms with Crippen LogP contribution in [-0.4, -0.2) is 46.5 Å². The Labute approximate surface area is 196 Å². The van der Waals surface area contributed by atoms with Crippen molar-refractivity contribution in [2.45, 2.75) is 20.3 Å². The summed E-state index contributed by atoms with van der Waals surface area (Å²) in [6.45, 7) is 4.06. The Morgan fingerprint density at radius 2 is 1.79 bits per heavy atom. The van der Waals surface area contributed by atoms with Gasteiger partial charge in [0, 0.05) is 30.8 Å². The average molecular weight is 471 g/mol. The highest BCUT2D eigenvalue weighted by Gasteiger charge is 2.29. The molecule has 2 heterocycles. The van der Waals surface area contributed by atoms with Crippen LogP contribution in [0, 0.1) is 19.7 Å². The number of rotatable bonds is 4. The zero-order chi connectivity index (χ0) is 22.8. The van der Waals surface area contributed by atoms with Crippen molar-refractivity contribution in [1.29, 1.82) is 0 Å². The van der Waals surface area contributed by atoms with E-state index in [2.05, 4.69) is 10.2 Å². The Bertz CT molecular complexity index is 1250. The lowest BCUT2D eigenvalue weighted by Crippen LogP contribution is -2.52. The highest BCUT2D eigenvalue weighted by molar-refractivity contribution is 6.01. The molecule has 172 valence electrons. The first kappa shape index (κ1) is 24.1. The summed E-state index contributed by atoms with van der Waals surface area (Å²) in [7, 11) is 0. The molecule has 7 nitrogen and oxygen atoms in total. The van der Waals surface area contributed by atoms with E-state index >= 15 is 0 Å². The summed E-state index contributed by atoms with van der Waals surface area (Å²) in [5.74, 6) is -1.37. The summed E-state index contributed by atoms with van der Waals surface area (Å²) >= 11 is 0. The van der Waals surface area contributed by atoms with Crippen LogP contribution in [0.15, 0.2) is 53.3 Å². The molecule has 1 saturated heterocycles. The number of carbonyl (C=O) groups is 2. The van der Waals surface area contributed by atoms with Gasteiger partial charge < -0.3 is 9.80 Å². The van der Waals surface area contributed by atoms with E-state index in [0.29, 0.717) is 36.3 Å². The van der Waals surface area contributed by atoms with Gasteiger partial charge in [0.05, 0.1) is 11.3 Å². The topological polar surface area (TPSA) is 86.4 Å². The number of anilines is 1. The molecular formula is C24H24ClFN4O3. The first-order valence-corrected chi connectivity index (χ1v) is 10.3. The Hall–Kier alpha value is -3.52. The van der Waals surface area contributed by atoms with Crippen LogP contribution in [0.3, 0.4) is 0 Å². The fourth-order valence-corrected chi connectivity index (χ4v) is 3.78. The van der Waals surface area contributed by atoms with Gasteiger partial charge in [0.1, 0.15) is 12.4 Å². The number of para-hydroxylation sites is 1. The Balaban J connectivity index is 0.00000306. The number of hydrogen-bond donors (Lipinski definition) is 1. The maximum atomic E-state index is 14.5. The van der Waals surface area contributed by atoms with E-state index in [0.717, 1.165) is 11.3 Å². The molecule has 2 amide bonds. The lowest BCUT2D eigenvalue weighted by atomic mass is 10.0. The molecule has 0 saturated carbocycles. The van der Waals surface area contributed by atoms with E-state index in [4.69, 9.17) is 0 Å². The van der Waals surface area contributed by atoms with E-state index < -0.39 is 11.7 Å². The minimum atomic E-state index is -0.640. The summed E-state index contributed by atoms with van der Waals surface area (Å²) in [6.07, 6.45) is 0.338. The number of benzene rings is 2. The molecule has 2 aromatic carbocycles. The second kappa shape index (κ2) is 9.95. The Kier molecular flexibility index (Phi) is 7.28. The predicted molar refractivity (Wildman–Crippen MR) is 125 cm³/mol. The van der Waals surface area contributed by atoms with Gasteiger partial charge in [-0.3, -0.25) is 14.4 Å². The third-order valence-electron chi connectivity index (χ3n) is 5.84. The number of hydrogen-bond acceptors (Lipinski definition) is 4. The number of nitrogens with zero attached hydrogens (tertiary/aromatic N) is 3. The van der Waals surface area contributed by atoms with Crippen LogP contribution >= 0.6 is 12.4 Å². The Morgan fingerprint density at radius 3 is 2.48 bits per heavy atom. The summed E-state index contributed by atoms with van der Waals surface area (Å²) in [5.41, 5.74) is 3.11. The summed E-state index contributed by atoms with van der Waals surface area (Å²) in [6, 6.07) is 13.6. The number of halogens is 2. The van der Waals surface area contributed by atoms with Crippen LogP contribution in [0.4, 0.5) is 10.1 Å². The second-order valence-electron chi connectivity index (χ2n) is 7.85. The fraction of sp³-hybridized carbons (Fsp3) is 0.250. The summed E-state index contributed by atoms with van der Waals surface area (Å²) in [5, 5.41) is 6.55. The molecule has 1 N–H and O–H groups in total. The molecule has 0 aliphatic carbocycles. The molecule has 1 aromatic heterocycles. The molecule has 0 bridgehead atoms. The normalized spacial score (nSPS) is 13.6. The van der Waals surface area contributed by atoms with Crippen LogP contribution in [-0.2, 0) is 11.2 Å². The van der Waals surface area contributed by atoms with Gasteiger partial charge in [-0.05, 0) is 49.2 Å². The monoisotopic (exact) mass is 470 g/mol. The molecule has 1 aliphatic rings. The predicted octanol–water partition coefficient (Wildman–Crippen LogP) is 3.03. The average Bonchev–Trinajstić information content (AvgIpc) is 2.80. The molecule has 0 radical (unpaired) electrons. The molecule has 0 atom stereocenters. The van der Waals surface area contributed by atoms with E-state index in [1.807, 2.05) is 30.3 Å². The van der Waals surface area contributed by atoms with Gasteiger partial charge in [-0.1, -0.05) is 24.3 Å². The maximum Gasteiger partial charge on any atom is 0.267 e. The van der Waals surface area contributed by atoms with Gasteiger partial charge >= 0.3 is 0 Å². The van der Waals surface area contributed by atoms with Gasteiger partial charge in [0.2, 0.25) is 5.91 Å². The molecule has 3 aromatic rings. The van der Waals surface area contributed by atoms with Crippen molar-refractivity contribution in [3.63, 3.8) is 0 Å². The van der Waals surface area contributed by atoms with Crippen molar-refractivity contribution >= 4 is 29.9 Å². The van der Waals surface area contributed by atoms with Gasteiger partial charge in [0.25, 0.3) is 11.5 Å². The third kappa shape index (κ3) is 4.96. The maximum absolute atomic E-state index is 14.5. The molecule has 1 aliphatic heterocycles. The first-order valence-electron chi connectivity index (χ1n) is 10.3. The van der Waals surface area contributed by atoms with Crippen molar-refractivity contribution in [1.82, 2.24) is 15.1 Å². The number of H-pyrrole nitrogens is 1. The second-order valence-corrected chi connectivity index (χ2v) is 7.85. The number of carbonyl (C=O) groups excluding carboxylic acids is 2. The number of piperazine rings is 1. The molecule has 33 heavy (non-hydrogen) atoms. The van der Waals surface area contributed by atoms with Crippen LogP contribution in [0.2, 0.25) is 0 Å². The molecule has 4 rings (SSSR count). The van der Waals surface area contributed by atoms with Crippen LogP contribution in [0.1, 0.15) is 32.7 Å². The lowest BCUT2D eigenvalue weighted by molar-refractivity contribution is -0.120. The van der Waals surface area contributed by atoms with E-state index in [9.17, 15) is 18.8 Å². The molecule has 0 spiro atoms. The zero-order valence-electron chi connectivity index (χ0n) is 18.3. The molecule has 9 heteroatoms. The SMILES string of the molecule is Cc1c(Cc2ccc(F)c(C(=O)N3CCN(c4ccccc4)C(=O)C3)c2)n[nH]c(=O)c1C.Cl. The number of aromatic amines is 1. The quantitative estimate of drug-likeness (QED) is 0.635. The lowest BCUT2D eigenvalue weighted by Gasteiger charge is -2.34. The minimum absolute atomic E-state index is 0. The van der Waals surface area contributed by atoms with Crippen molar-refractivity contribution in [2.75, 3.05) is 24.5 Å². The Morgan fingerprint density at radius 1 is 1.06 bits per heavy atom. The highest BCUT2D eigenvalue weighted by Crippen LogP contribution is 2.21. The molecule has 1 fully saturated rings. The smallest absolute Gasteiger partial charge is 0.267 e. The minimum Gasteiger partial charge on any atom is -0.327 e. The van der Waals surface area contributed by atoms with E-state index in [-0.39, 0.29) is 36.0 Å². The van der Waals surface area contributed by atoms with Crippen molar-refractivity contribution < 1.29 is 14.0 Å². The van der Waals surface area contributed by atoms with E-state index in [1.165, 1.54) is 17.0 Å². The molecular weight excluding hydrogens is 447 g/mol. The van der Waals surface area contributed by atoms with Crippen molar-refractivity contribution in [2.24, 2.45) is 0 Å². The molecule has 0 unspecified atom stereocenters. The fourth-order valence-electron chi connectivity index (χ4n) is 3.78. The summed E-state index contributed by atoms with van der Waals surface area (Å²) < 4.78 is 14.5. The number of aromatic nitrogens is 2. The summed E-state index contributed by atoms with van der Waals surface area (Å²) in [4.78, 5) is 40.4. The van der Waals surface area contributed by atoms with Gasteiger partial charge in [-0.15, -0.1) is 12.4 Å². The van der Waals surface area contributed by atoms with Gasteiger partial charge in [-0.25, -0.2) is 9.49 Å². The van der Waals surface area contributed by atoms with Crippen molar-refractivity contribution in [3.05, 3.63) is 92.6 Å². The highest BCUT2D eigenvalue weighted by atomic mass is 35.5. The standard InChI is InChI=1S/C24H23FN4O3.ClH/c1-15-16(2)23(31)27-26-21(15)13-17-8-9-20(25)19(12-17)24(32)28-10-11-29(22(30)14-28)18-6-4-3-5-7-18;/h3-9,12H,10-11,13-14H2,1-2H3,(H,27,31);1H. The van der Waals surface area contributed by atoms with Gasteiger partial charge in [0.15, 0.2) is 0 Å². The van der Waals surface area contributed by atoms with E-state index in [1.54, 1.807) is 24.8 Å². The van der Waals surface area contributed by atoms with Crippen LogP contribution < -0.4 is 10.5 Å². The van der Waals surface area contributed by atoms with Crippen molar-refractivity contribution in [3.8, 4) is 0 Å². The first-order chi connectivity index (χ1) is 15.3. The van der Waals surface area contributed by atoms with Crippen LogP contribution in [0.5, 0.6) is 0 Å². The largest absolute Gasteiger partial charge is 0.327 e. The third-order valence-corrected chi connectivity index (χ3v) is 5.84. The number of amides is 2. The van der Waals surface area contributed by atoms with Gasteiger partial charge in [-0.2, -0.15) is 5.10 Å². The zero-order valence-corrected chi connectivity index (χ0v) is 19.1.